The number of hydrogen-bond acceptors (Lipinski definition) is 6. The van der Waals surface area contributed by atoms with Crippen LogP contribution in [-0.4, -0.2) is 26.3 Å². The van der Waals surface area contributed by atoms with Gasteiger partial charge in [-0.15, -0.1) is 0 Å². The van der Waals surface area contributed by atoms with Crippen LogP contribution in [-0.2, 0) is 9.53 Å². The molecule has 0 amide bonds. The van der Waals surface area contributed by atoms with Crippen molar-refractivity contribution in [1.82, 2.24) is 0 Å². The maximum absolute atomic E-state index is 12.7. The van der Waals surface area contributed by atoms with Crippen molar-refractivity contribution in [3.8, 4) is 11.5 Å². The summed E-state index contributed by atoms with van der Waals surface area (Å²) < 4.78 is 21.5. The molecule has 0 fully saturated rings. The molecule has 6 heteroatoms. The van der Waals surface area contributed by atoms with E-state index in [0.717, 1.165) is 0 Å². The van der Waals surface area contributed by atoms with E-state index in [2.05, 4.69) is 0 Å². The van der Waals surface area contributed by atoms with E-state index in [1.165, 1.54) is 7.11 Å². The minimum absolute atomic E-state index is 0.312. The molecule has 0 bridgehead atoms. The Morgan fingerprint density at radius 2 is 1.88 bits per heavy atom. The molecule has 26 heavy (non-hydrogen) atoms. The van der Waals surface area contributed by atoms with Crippen LogP contribution in [0.3, 0.4) is 0 Å². The van der Waals surface area contributed by atoms with Crippen molar-refractivity contribution in [2.24, 2.45) is 0 Å². The lowest BCUT2D eigenvalue weighted by Gasteiger charge is -2.17. The number of rotatable bonds is 3. The summed E-state index contributed by atoms with van der Waals surface area (Å²) in [5, 5.41) is 0.640. The number of benzene rings is 2. The molecule has 0 radical (unpaired) electrons. The van der Waals surface area contributed by atoms with Gasteiger partial charge in [0.1, 0.15) is 17.1 Å². The largest absolute Gasteiger partial charge is 0.497 e. The molecule has 1 aliphatic rings. The smallest absolute Gasteiger partial charge is 0.348 e. The first-order chi connectivity index (χ1) is 12.6. The quantitative estimate of drug-likeness (QED) is 0.533. The molecule has 0 saturated heterocycles. The highest BCUT2D eigenvalue weighted by atomic mass is 16.6. The van der Waals surface area contributed by atoms with Gasteiger partial charge in [-0.1, -0.05) is 24.3 Å². The molecule has 1 aliphatic heterocycles. The molecular weight excluding hydrogens is 336 g/mol. The number of fused-ring (bicyclic) bond motifs is 3. The Morgan fingerprint density at radius 3 is 2.65 bits per heavy atom. The van der Waals surface area contributed by atoms with E-state index in [4.69, 9.17) is 18.6 Å². The van der Waals surface area contributed by atoms with E-state index in [0.29, 0.717) is 33.6 Å². The molecule has 6 nitrogen and oxygen atoms in total. The average Bonchev–Trinajstić information content (AvgIpc) is 3.09. The number of esters is 1. The summed E-state index contributed by atoms with van der Waals surface area (Å²) in [7, 11) is 2.84. The van der Waals surface area contributed by atoms with Gasteiger partial charge in [0, 0.05) is 0 Å². The van der Waals surface area contributed by atoms with Gasteiger partial charge >= 0.3 is 11.6 Å². The maximum Gasteiger partial charge on any atom is 0.348 e. The highest BCUT2D eigenvalue weighted by molar-refractivity contribution is 5.88. The third-order valence-electron chi connectivity index (χ3n) is 4.54. The molecule has 3 aromatic rings. The predicted octanol–water partition coefficient (Wildman–Crippen LogP) is 2.87. The first kappa shape index (κ1) is 16.2. The molecule has 0 saturated carbocycles. The first-order valence-corrected chi connectivity index (χ1v) is 8.08. The third-order valence-corrected chi connectivity index (χ3v) is 4.54. The minimum atomic E-state index is -0.976. The number of methoxy groups -OCH3 is 2. The Labute approximate surface area is 148 Å². The Bertz CT molecular complexity index is 1050. The lowest BCUT2D eigenvalue weighted by Crippen LogP contribution is -2.31. The lowest BCUT2D eigenvalue weighted by atomic mass is 9.88. The molecule has 4 rings (SSSR count). The van der Waals surface area contributed by atoms with Crippen molar-refractivity contribution in [2.75, 3.05) is 14.2 Å². The number of carbonyl (C=O) groups excluding carboxylic acids is 1. The topological polar surface area (TPSA) is 75.0 Å². The van der Waals surface area contributed by atoms with Crippen molar-refractivity contribution >= 4 is 16.9 Å². The van der Waals surface area contributed by atoms with Gasteiger partial charge in [0.2, 0.25) is 6.10 Å². The Hall–Kier alpha value is -3.28. The van der Waals surface area contributed by atoms with Crippen LogP contribution < -0.4 is 15.1 Å². The van der Waals surface area contributed by atoms with Gasteiger partial charge in [-0.05, 0) is 29.8 Å². The second kappa shape index (κ2) is 6.22. The van der Waals surface area contributed by atoms with Gasteiger partial charge in [0.15, 0.2) is 0 Å². The molecular formula is C20H16O6. The zero-order chi connectivity index (χ0) is 18.3. The van der Waals surface area contributed by atoms with E-state index in [1.54, 1.807) is 43.5 Å². The molecule has 0 unspecified atom stereocenters. The second-order valence-electron chi connectivity index (χ2n) is 5.94. The monoisotopic (exact) mass is 352 g/mol. The standard InChI is InChI=1S/C20H16O6/c1-23-12-7-5-6-11(10-12)15-16-17(26-18(15)20(22)24-2)13-8-3-4-9-14(13)25-19(16)21/h3-10,15,18H,1-2H3/t15-,18+/m1/s1. The Kier molecular flexibility index (Phi) is 3.88. The Balaban J connectivity index is 1.98. The van der Waals surface area contributed by atoms with Gasteiger partial charge < -0.3 is 18.6 Å². The zero-order valence-corrected chi connectivity index (χ0v) is 14.2. The Morgan fingerprint density at radius 1 is 1.08 bits per heavy atom. The van der Waals surface area contributed by atoms with Gasteiger partial charge in [-0.3, -0.25) is 0 Å². The molecule has 0 spiro atoms. The fourth-order valence-electron chi connectivity index (χ4n) is 3.35. The fraction of sp³-hybridized carbons (Fsp3) is 0.200. The summed E-state index contributed by atoms with van der Waals surface area (Å²) in [6, 6.07) is 14.2. The van der Waals surface area contributed by atoms with Crippen LogP contribution in [0, 0.1) is 0 Å². The summed E-state index contributed by atoms with van der Waals surface area (Å²) in [5.74, 6) is -0.226. The number of carbonyl (C=O) groups is 1. The van der Waals surface area contributed by atoms with Crippen molar-refractivity contribution in [3.05, 3.63) is 70.1 Å². The van der Waals surface area contributed by atoms with E-state index in [9.17, 15) is 9.59 Å². The van der Waals surface area contributed by atoms with Crippen molar-refractivity contribution in [2.45, 2.75) is 12.0 Å². The van der Waals surface area contributed by atoms with Crippen molar-refractivity contribution < 1.29 is 23.4 Å². The van der Waals surface area contributed by atoms with E-state index < -0.39 is 23.6 Å². The normalized spacial score (nSPS) is 18.2. The van der Waals surface area contributed by atoms with Crippen LogP contribution in [0.15, 0.2) is 57.7 Å². The van der Waals surface area contributed by atoms with E-state index in [1.807, 2.05) is 12.1 Å². The minimum Gasteiger partial charge on any atom is -0.497 e. The first-order valence-electron chi connectivity index (χ1n) is 8.08. The van der Waals surface area contributed by atoms with Crippen LogP contribution in [0.4, 0.5) is 0 Å². The zero-order valence-electron chi connectivity index (χ0n) is 14.2. The highest BCUT2D eigenvalue weighted by Gasteiger charge is 2.45. The van der Waals surface area contributed by atoms with E-state index in [-0.39, 0.29) is 0 Å². The number of ether oxygens (including phenoxy) is 3. The summed E-state index contributed by atoms with van der Waals surface area (Å²) in [6.07, 6.45) is -0.976. The molecule has 1 aromatic heterocycles. The summed E-state index contributed by atoms with van der Waals surface area (Å²) >= 11 is 0. The average molecular weight is 352 g/mol. The number of hydrogen-bond donors (Lipinski definition) is 0. The van der Waals surface area contributed by atoms with Crippen LogP contribution in [0.25, 0.3) is 11.0 Å². The van der Waals surface area contributed by atoms with Crippen LogP contribution in [0.5, 0.6) is 11.5 Å². The van der Waals surface area contributed by atoms with Crippen LogP contribution >= 0.6 is 0 Å². The van der Waals surface area contributed by atoms with Crippen molar-refractivity contribution in [1.29, 1.82) is 0 Å². The molecule has 132 valence electrons. The SMILES string of the molecule is COC(=O)[C@H]1Oc2c(c(=O)oc3ccccc23)[C@H]1c1cccc(OC)c1. The van der Waals surface area contributed by atoms with Gasteiger partial charge in [-0.2, -0.15) is 0 Å². The van der Waals surface area contributed by atoms with Crippen molar-refractivity contribution in [3.63, 3.8) is 0 Å². The summed E-state index contributed by atoms with van der Waals surface area (Å²) in [4.78, 5) is 25.0. The van der Waals surface area contributed by atoms with Crippen LogP contribution in [0.1, 0.15) is 17.0 Å². The highest BCUT2D eigenvalue weighted by Crippen LogP contribution is 2.44. The molecule has 2 aromatic carbocycles. The van der Waals surface area contributed by atoms with Gasteiger partial charge in [0.25, 0.3) is 0 Å². The third kappa shape index (κ3) is 2.42. The maximum atomic E-state index is 12.7. The second-order valence-corrected chi connectivity index (χ2v) is 5.94. The number of para-hydroxylation sites is 1. The molecule has 0 aliphatic carbocycles. The van der Waals surface area contributed by atoms with Crippen LogP contribution in [0.2, 0.25) is 0 Å². The molecule has 2 atom stereocenters. The summed E-state index contributed by atoms with van der Waals surface area (Å²) in [5.41, 5.74) is 0.900. The lowest BCUT2D eigenvalue weighted by molar-refractivity contribution is -0.148. The summed E-state index contributed by atoms with van der Waals surface area (Å²) in [6.45, 7) is 0. The molecule has 2 heterocycles. The van der Waals surface area contributed by atoms with Gasteiger partial charge in [-0.25, -0.2) is 9.59 Å². The van der Waals surface area contributed by atoms with E-state index >= 15 is 0 Å². The predicted molar refractivity (Wildman–Crippen MR) is 93.8 cm³/mol. The van der Waals surface area contributed by atoms with Gasteiger partial charge in [0.05, 0.1) is 31.1 Å². The fourth-order valence-corrected chi connectivity index (χ4v) is 3.35. The molecule has 0 N–H and O–H groups in total.